The van der Waals surface area contributed by atoms with Gasteiger partial charge in [0.2, 0.25) is 5.91 Å². The lowest BCUT2D eigenvalue weighted by atomic mass is 9.99. The molecule has 0 spiro atoms. The molecule has 0 bridgehead atoms. The van der Waals surface area contributed by atoms with Crippen molar-refractivity contribution in [3.8, 4) is 0 Å². The van der Waals surface area contributed by atoms with Crippen LogP contribution in [-0.4, -0.2) is 24.4 Å². The van der Waals surface area contributed by atoms with Crippen LogP contribution in [0.3, 0.4) is 0 Å². The third-order valence-electron chi connectivity index (χ3n) is 1.97. The van der Waals surface area contributed by atoms with Gasteiger partial charge in [-0.3, -0.25) is 4.79 Å². The molecule has 2 heteroatoms. The molecule has 1 amide bonds. The van der Waals surface area contributed by atoms with E-state index >= 15 is 0 Å². The Kier molecular flexibility index (Phi) is 10.9. The summed E-state index contributed by atoms with van der Waals surface area (Å²) in [5.74, 6) is 0.140. The summed E-state index contributed by atoms with van der Waals surface area (Å²) in [6, 6.07) is 0. The van der Waals surface area contributed by atoms with Crippen LogP contribution in [0.15, 0.2) is 36.5 Å². The molecule has 0 atom stereocenters. The summed E-state index contributed by atoms with van der Waals surface area (Å²) in [6.45, 7) is 16.1. The van der Waals surface area contributed by atoms with Crippen molar-refractivity contribution in [3.63, 3.8) is 0 Å². The van der Waals surface area contributed by atoms with Crippen molar-refractivity contribution in [2.24, 2.45) is 0 Å². The third kappa shape index (κ3) is 5.54. The zero-order chi connectivity index (χ0) is 13.1. The molecule has 1 rings (SSSR count). The molecule has 92 valence electrons. The number of carbonyl (C=O) groups is 1. The number of nitrogens with zero attached hydrogens (tertiary/aromatic N) is 1. The monoisotopic (exact) mass is 223 g/mol. The van der Waals surface area contributed by atoms with Gasteiger partial charge in [0.25, 0.3) is 0 Å². The van der Waals surface area contributed by atoms with Crippen molar-refractivity contribution in [1.82, 2.24) is 4.90 Å². The van der Waals surface area contributed by atoms with Gasteiger partial charge in [0.1, 0.15) is 0 Å². The van der Waals surface area contributed by atoms with Crippen molar-refractivity contribution in [2.75, 3.05) is 13.6 Å². The minimum absolute atomic E-state index is 0.140. The standard InChI is InChI=1S/C10H13NO.2C2H6/c1-4-5-9-7-11(3)10(12)6-8(9)2;2*1-2/h4-5H,1-2,6-7H2,3H3;2*1-2H3/b9-5-;;. The Balaban J connectivity index is 0. The van der Waals surface area contributed by atoms with Crippen molar-refractivity contribution in [1.29, 1.82) is 0 Å². The van der Waals surface area contributed by atoms with Gasteiger partial charge in [-0.05, 0) is 11.1 Å². The van der Waals surface area contributed by atoms with Crippen LogP contribution < -0.4 is 0 Å². The molecule has 1 fully saturated rings. The van der Waals surface area contributed by atoms with E-state index in [1.165, 1.54) is 0 Å². The predicted octanol–water partition coefficient (Wildman–Crippen LogP) is 3.57. The first-order chi connectivity index (χ1) is 7.65. The highest BCUT2D eigenvalue weighted by Crippen LogP contribution is 2.19. The van der Waals surface area contributed by atoms with Gasteiger partial charge in [0.15, 0.2) is 0 Å². The molecular formula is C14H25NO. The number of likely N-dealkylation sites (tertiary alicyclic amines) is 1. The van der Waals surface area contributed by atoms with Gasteiger partial charge in [-0.15, -0.1) is 0 Å². The molecule has 0 saturated carbocycles. The van der Waals surface area contributed by atoms with Crippen LogP contribution in [0.1, 0.15) is 34.1 Å². The first kappa shape index (κ1) is 17.1. The number of allylic oxidation sites excluding steroid dienone is 2. The van der Waals surface area contributed by atoms with Gasteiger partial charge in [0.05, 0.1) is 6.42 Å². The minimum Gasteiger partial charge on any atom is -0.341 e. The average Bonchev–Trinajstić information content (AvgIpc) is 2.31. The highest BCUT2D eigenvalue weighted by Gasteiger charge is 2.19. The van der Waals surface area contributed by atoms with Gasteiger partial charge in [0, 0.05) is 13.6 Å². The molecule has 1 saturated heterocycles. The summed E-state index contributed by atoms with van der Waals surface area (Å²) in [5, 5.41) is 0. The molecule has 1 aliphatic rings. The fourth-order valence-electron chi connectivity index (χ4n) is 1.20. The molecule has 1 heterocycles. The van der Waals surface area contributed by atoms with Gasteiger partial charge < -0.3 is 4.90 Å². The van der Waals surface area contributed by atoms with Crippen LogP contribution in [0, 0.1) is 0 Å². The molecule has 2 nitrogen and oxygen atoms in total. The highest BCUT2D eigenvalue weighted by molar-refractivity contribution is 5.82. The number of likely N-dealkylation sites (N-methyl/N-ethyl adjacent to an activating group) is 1. The van der Waals surface area contributed by atoms with Crippen LogP contribution in [0.2, 0.25) is 0 Å². The number of hydrogen-bond acceptors (Lipinski definition) is 1. The molecular weight excluding hydrogens is 198 g/mol. The maximum absolute atomic E-state index is 11.2. The molecule has 16 heavy (non-hydrogen) atoms. The summed E-state index contributed by atoms with van der Waals surface area (Å²) in [5.41, 5.74) is 2.02. The first-order valence-electron chi connectivity index (χ1n) is 5.89. The van der Waals surface area contributed by atoms with E-state index in [0.717, 1.165) is 11.1 Å². The first-order valence-corrected chi connectivity index (χ1v) is 5.89. The normalized spacial score (nSPS) is 17.1. The average molecular weight is 223 g/mol. The molecule has 1 aliphatic heterocycles. The van der Waals surface area contributed by atoms with Crippen molar-refractivity contribution in [3.05, 3.63) is 36.5 Å². The molecule has 0 N–H and O–H groups in total. The van der Waals surface area contributed by atoms with Crippen LogP contribution in [0.5, 0.6) is 0 Å². The van der Waals surface area contributed by atoms with E-state index in [9.17, 15) is 4.79 Å². The van der Waals surface area contributed by atoms with Crippen LogP contribution in [-0.2, 0) is 4.79 Å². The summed E-state index contributed by atoms with van der Waals surface area (Å²) < 4.78 is 0. The number of rotatable bonds is 1. The van der Waals surface area contributed by atoms with Crippen molar-refractivity contribution in [2.45, 2.75) is 34.1 Å². The number of carbonyl (C=O) groups excluding carboxylic acids is 1. The topological polar surface area (TPSA) is 20.3 Å². The Bertz CT molecular complexity index is 264. The molecule has 0 unspecified atom stereocenters. The van der Waals surface area contributed by atoms with Gasteiger partial charge >= 0.3 is 0 Å². The number of hydrogen-bond donors (Lipinski definition) is 0. The maximum atomic E-state index is 11.2. The van der Waals surface area contributed by atoms with Gasteiger partial charge in [-0.1, -0.05) is 53.0 Å². The number of amides is 1. The molecule has 0 aromatic carbocycles. The fraction of sp³-hybridized carbons (Fsp3) is 0.500. The second kappa shape index (κ2) is 10.2. The summed E-state index contributed by atoms with van der Waals surface area (Å²) in [6.07, 6.45) is 4.07. The lowest BCUT2D eigenvalue weighted by Gasteiger charge is -2.26. The summed E-state index contributed by atoms with van der Waals surface area (Å²) in [4.78, 5) is 12.9. The molecule has 0 radical (unpaired) electrons. The van der Waals surface area contributed by atoms with E-state index in [2.05, 4.69) is 13.2 Å². The van der Waals surface area contributed by atoms with E-state index in [1.54, 1.807) is 18.0 Å². The Hall–Kier alpha value is -1.31. The van der Waals surface area contributed by atoms with Gasteiger partial charge in [-0.25, -0.2) is 0 Å². The van der Waals surface area contributed by atoms with E-state index in [0.29, 0.717) is 13.0 Å². The minimum atomic E-state index is 0.140. The van der Waals surface area contributed by atoms with Crippen LogP contribution in [0.4, 0.5) is 0 Å². The third-order valence-corrected chi connectivity index (χ3v) is 1.97. The molecule has 0 aliphatic carbocycles. The number of piperidine rings is 1. The highest BCUT2D eigenvalue weighted by atomic mass is 16.2. The Morgan fingerprint density at radius 1 is 1.25 bits per heavy atom. The van der Waals surface area contributed by atoms with E-state index in [4.69, 9.17) is 0 Å². The Labute approximate surface area is 100 Å². The summed E-state index contributed by atoms with van der Waals surface area (Å²) in [7, 11) is 1.80. The lowest BCUT2D eigenvalue weighted by Crippen LogP contribution is -2.33. The molecule has 0 aromatic heterocycles. The van der Waals surface area contributed by atoms with Crippen LogP contribution in [0.25, 0.3) is 0 Å². The second-order valence-electron chi connectivity index (χ2n) is 2.96. The maximum Gasteiger partial charge on any atom is 0.227 e. The van der Waals surface area contributed by atoms with Gasteiger partial charge in [-0.2, -0.15) is 0 Å². The zero-order valence-corrected chi connectivity index (χ0v) is 11.3. The van der Waals surface area contributed by atoms with Crippen molar-refractivity contribution >= 4 is 5.91 Å². The largest absolute Gasteiger partial charge is 0.341 e. The lowest BCUT2D eigenvalue weighted by molar-refractivity contribution is -0.129. The van der Waals surface area contributed by atoms with E-state index in [1.807, 2.05) is 33.8 Å². The second-order valence-corrected chi connectivity index (χ2v) is 2.96. The van der Waals surface area contributed by atoms with E-state index in [-0.39, 0.29) is 5.91 Å². The Morgan fingerprint density at radius 3 is 2.19 bits per heavy atom. The zero-order valence-electron chi connectivity index (χ0n) is 11.3. The Morgan fingerprint density at radius 2 is 1.75 bits per heavy atom. The summed E-state index contributed by atoms with van der Waals surface area (Å²) >= 11 is 0. The quantitative estimate of drug-likeness (QED) is 0.665. The van der Waals surface area contributed by atoms with Crippen molar-refractivity contribution < 1.29 is 4.79 Å². The fourth-order valence-corrected chi connectivity index (χ4v) is 1.20. The smallest absolute Gasteiger partial charge is 0.227 e. The molecule has 0 aromatic rings. The van der Waals surface area contributed by atoms with Crippen LogP contribution >= 0.6 is 0 Å². The van der Waals surface area contributed by atoms with E-state index < -0.39 is 0 Å². The SMILES string of the molecule is C=C/C=C1/CN(C)C(=O)CC1=C.CC.CC. The predicted molar refractivity (Wildman–Crippen MR) is 72.4 cm³/mol.